The van der Waals surface area contributed by atoms with Crippen molar-refractivity contribution in [2.45, 2.75) is 0 Å². The van der Waals surface area contributed by atoms with Crippen molar-refractivity contribution >= 4 is 34.8 Å². The Morgan fingerprint density at radius 3 is 1.81 bits per heavy atom. The van der Waals surface area contributed by atoms with Gasteiger partial charge in [0.05, 0.1) is 0 Å². The molecule has 0 fully saturated rings. The SMILES string of the molecule is O=C(Nc1ccc(NC(=O)c2cccc(Cl)c2)cc1)c1ccc(F)cc1. The van der Waals surface area contributed by atoms with Crippen LogP contribution in [0.5, 0.6) is 0 Å². The highest BCUT2D eigenvalue weighted by molar-refractivity contribution is 6.31. The summed E-state index contributed by atoms with van der Waals surface area (Å²) in [5, 5.41) is 5.94. The van der Waals surface area contributed by atoms with Gasteiger partial charge in [0.15, 0.2) is 0 Å². The van der Waals surface area contributed by atoms with Crippen molar-refractivity contribution in [2.24, 2.45) is 0 Å². The van der Waals surface area contributed by atoms with Gasteiger partial charge in [-0.1, -0.05) is 17.7 Å². The molecule has 0 bridgehead atoms. The fourth-order valence-corrected chi connectivity index (χ4v) is 2.46. The van der Waals surface area contributed by atoms with Crippen LogP contribution in [0.2, 0.25) is 5.02 Å². The zero-order chi connectivity index (χ0) is 18.5. The molecule has 6 heteroatoms. The number of anilines is 2. The summed E-state index contributed by atoms with van der Waals surface area (Å²) in [4.78, 5) is 24.3. The maximum atomic E-state index is 12.9. The number of amides is 2. The Hall–Kier alpha value is -3.18. The molecular formula is C20H14ClFN2O2. The fraction of sp³-hybridized carbons (Fsp3) is 0. The summed E-state index contributed by atoms with van der Waals surface area (Å²) in [6.45, 7) is 0. The Balaban J connectivity index is 1.64. The maximum Gasteiger partial charge on any atom is 0.255 e. The minimum Gasteiger partial charge on any atom is -0.322 e. The monoisotopic (exact) mass is 368 g/mol. The molecule has 0 aliphatic carbocycles. The third kappa shape index (κ3) is 4.46. The second kappa shape index (κ2) is 7.80. The van der Waals surface area contributed by atoms with E-state index in [-0.39, 0.29) is 11.8 Å². The lowest BCUT2D eigenvalue weighted by molar-refractivity contribution is 0.101. The number of nitrogens with one attached hydrogen (secondary N) is 2. The van der Waals surface area contributed by atoms with E-state index < -0.39 is 5.82 Å². The van der Waals surface area contributed by atoms with Crippen molar-refractivity contribution in [3.8, 4) is 0 Å². The van der Waals surface area contributed by atoms with Crippen molar-refractivity contribution in [3.63, 3.8) is 0 Å². The van der Waals surface area contributed by atoms with Gasteiger partial charge in [-0.3, -0.25) is 9.59 Å². The number of hydrogen-bond donors (Lipinski definition) is 2. The molecule has 0 atom stereocenters. The standard InChI is InChI=1S/C20H14ClFN2O2/c21-15-3-1-2-14(12-15)20(26)24-18-10-8-17(9-11-18)23-19(25)13-4-6-16(22)7-5-13/h1-12H,(H,23,25)(H,24,26). The summed E-state index contributed by atoms with van der Waals surface area (Å²) < 4.78 is 12.9. The second-order valence-electron chi connectivity index (χ2n) is 5.50. The quantitative estimate of drug-likeness (QED) is 0.682. The molecule has 0 saturated heterocycles. The molecule has 2 amide bonds. The van der Waals surface area contributed by atoms with Crippen molar-refractivity contribution in [2.75, 3.05) is 10.6 Å². The van der Waals surface area contributed by atoms with E-state index in [1.165, 1.54) is 24.3 Å². The lowest BCUT2D eigenvalue weighted by Crippen LogP contribution is -2.13. The number of rotatable bonds is 4. The van der Waals surface area contributed by atoms with Gasteiger partial charge >= 0.3 is 0 Å². The first-order valence-corrected chi connectivity index (χ1v) is 8.13. The first-order valence-electron chi connectivity index (χ1n) is 7.75. The van der Waals surface area contributed by atoms with E-state index in [2.05, 4.69) is 10.6 Å². The molecule has 4 nitrogen and oxygen atoms in total. The van der Waals surface area contributed by atoms with Gasteiger partial charge in [-0.25, -0.2) is 4.39 Å². The van der Waals surface area contributed by atoms with E-state index in [1.807, 2.05) is 0 Å². The highest BCUT2D eigenvalue weighted by atomic mass is 35.5. The molecule has 0 spiro atoms. The van der Waals surface area contributed by atoms with Gasteiger partial charge in [0.25, 0.3) is 11.8 Å². The van der Waals surface area contributed by atoms with Crippen molar-refractivity contribution < 1.29 is 14.0 Å². The van der Waals surface area contributed by atoms with Gasteiger partial charge < -0.3 is 10.6 Å². The van der Waals surface area contributed by atoms with Gasteiger partial charge in [-0.2, -0.15) is 0 Å². The van der Waals surface area contributed by atoms with E-state index in [1.54, 1.807) is 48.5 Å². The van der Waals surface area contributed by atoms with Crippen LogP contribution in [0.1, 0.15) is 20.7 Å². The van der Waals surface area contributed by atoms with Crippen molar-refractivity contribution in [1.82, 2.24) is 0 Å². The van der Waals surface area contributed by atoms with Crippen LogP contribution in [-0.2, 0) is 0 Å². The molecule has 3 aromatic carbocycles. The summed E-state index contributed by atoms with van der Waals surface area (Å²) in [5.41, 5.74) is 1.94. The number of benzene rings is 3. The summed E-state index contributed by atoms with van der Waals surface area (Å²) >= 11 is 5.88. The first kappa shape index (κ1) is 17.6. The Morgan fingerprint density at radius 1 is 0.731 bits per heavy atom. The minimum absolute atomic E-state index is 0.282. The fourth-order valence-electron chi connectivity index (χ4n) is 2.27. The molecule has 0 aliphatic heterocycles. The zero-order valence-electron chi connectivity index (χ0n) is 13.5. The molecular weight excluding hydrogens is 355 g/mol. The van der Waals surface area contributed by atoms with Crippen LogP contribution < -0.4 is 10.6 Å². The first-order chi connectivity index (χ1) is 12.5. The minimum atomic E-state index is -0.402. The van der Waals surface area contributed by atoms with Crippen LogP contribution in [-0.4, -0.2) is 11.8 Å². The van der Waals surface area contributed by atoms with E-state index in [4.69, 9.17) is 11.6 Å². The lowest BCUT2D eigenvalue weighted by Gasteiger charge is -2.08. The summed E-state index contributed by atoms with van der Waals surface area (Å²) in [6, 6.07) is 18.6. The number of hydrogen-bond acceptors (Lipinski definition) is 2. The van der Waals surface area contributed by atoms with Gasteiger partial charge in [0.2, 0.25) is 0 Å². The molecule has 130 valence electrons. The Kier molecular flexibility index (Phi) is 5.29. The highest BCUT2D eigenvalue weighted by Crippen LogP contribution is 2.17. The summed E-state index contributed by atoms with van der Waals surface area (Å²) in [6.07, 6.45) is 0. The van der Waals surface area contributed by atoms with Crippen LogP contribution >= 0.6 is 11.6 Å². The van der Waals surface area contributed by atoms with E-state index in [0.29, 0.717) is 27.5 Å². The molecule has 0 heterocycles. The predicted molar refractivity (Wildman–Crippen MR) is 100 cm³/mol. The van der Waals surface area contributed by atoms with E-state index in [9.17, 15) is 14.0 Å². The maximum absolute atomic E-state index is 12.9. The zero-order valence-corrected chi connectivity index (χ0v) is 14.3. The number of carbonyl (C=O) groups is 2. The van der Waals surface area contributed by atoms with Gasteiger partial charge in [-0.15, -0.1) is 0 Å². The Morgan fingerprint density at radius 2 is 1.27 bits per heavy atom. The molecule has 0 aromatic heterocycles. The molecule has 26 heavy (non-hydrogen) atoms. The Labute approximate surface area is 154 Å². The van der Waals surface area contributed by atoms with Crippen LogP contribution in [0, 0.1) is 5.82 Å². The third-order valence-electron chi connectivity index (χ3n) is 3.59. The van der Waals surface area contributed by atoms with Gasteiger partial charge in [0.1, 0.15) is 5.82 Å². The normalized spacial score (nSPS) is 10.2. The molecule has 3 aromatic rings. The molecule has 3 rings (SSSR count). The van der Waals surface area contributed by atoms with Crippen molar-refractivity contribution in [1.29, 1.82) is 0 Å². The van der Waals surface area contributed by atoms with Crippen LogP contribution in [0.4, 0.5) is 15.8 Å². The summed E-state index contributed by atoms with van der Waals surface area (Å²) in [5.74, 6) is -1.03. The molecule has 0 unspecified atom stereocenters. The lowest BCUT2D eigenvalue weighted by atomic mass is 10.2. The van der Waals surface area contributed by atoms with Crippen molar-refractivity contribution in [3.05, 3.63) is 94.8 Å². The smallest absolute Gasteiger partial charge is 0.255 e. The van der Waals surface area contributed by atoms with Gasteiger partial charge in [0, 0.05) is 27.5 Å². The third-order valence-corrected chi connectivity index (χ3v) is 3.83. The summed E-state index contributed by atoms with van der Waals surface area (Å²) in [7, 11) is 0. The molecule has 2 N–H and O–H groups in total. The number of halogens is 2. The van der Waals surface area contributed by atoms with Gasteiger partial charge in [-0.05, 0) is 66.7 Å². The molecule has 0 aliphatic rings. The average molecular weight is 369 g/mol. The van der Waals surface area contributed by atoms with Crippen LogP contribution in [0.3, 0.4) is 0 Å². The van der Waals surface area contributed by atoms with E-state index >= 15 is 0 Å². The van der Waals surface area contributed by atoms with E-state index in [0.717, 1.165) is 0 Å². The number of carbonyl (C=O) groups excluding carboxylic acids is 2. The highest BCUT2D eigenvalue weighted by Gasteiger charge is 2.08. The predicted octanol–water partition coefficient (Wildman–Crippen LogP) is 4.98. The second-order valence-corrected chi connectivity index (χ2v) is 5.94. The largest absolute Gasteiger partial charge is 0.322 e. The van der Waals surface area contributed by atoms with Crippen LogP contribution in [0.25, 0.3) is 0 Å². The molecule has 0 saturated carbocycles. The topological polar surface area (TPSA) is 58.2 Å². The Bertz CT molecular complexity index is 941. The molecule has 0 radical (unpaired) electrons. The average Bonchev–Trinajstić information content (AvgIpc) is 2.64. The van der Waals surface area contributed by atoms with Crippen LogP contribution in [0.15, 0.2) is 72.8 Å².